The standard InChI is InChI=1S/C14H21N3O3.C9H13N3O/c1-9-15-11-6-7-17(13(19)20-14(2,3)4)8-10(11)12(18)16(9)5;1-6-11-8-3-4-10-5-7(8)9(13)12(6)2/h6-8H2,1-5H3;10H,3-5H2,1-2H3. The third-order valence-electron chi connectivity index (χ3n) is 5.85. The first-order valence-corrected chi connectivity index (χ1v) is 11.2. The Morgan fingerprint density at radius 2 is 1.48 bits per heavy atom. The molecule has 10 nitrogen and oxygen atoms in total. The molecule has 0 bridgehead atoms. The van der Waals surface area contributed by atoms with Crippen LogP contribution in [0.5, 0.6) is 0 Å². The zero-order chi connectivity index (χ0) is 24.5. The van der Waals surface area contributed by atoms with Crippen LogP contribution < -0.4 is 16.4 Å². The number of hydrogen-bond acceptors (Lipinski definition) is 7. The van der Waals surface area contributed by atoms with E-state index < -0.39 is 5.60 Å². The third kappa shape index (κ3) is 5.50. The van der Waals surface area contributed by atoms with Crippen molar-refractivity contribution in [2.45, 2.75) is 66.2 Å². The molecule has 4 heterocycles. The lowest BCUT2D eigenvalue weighted by atomic mass is 10.1. The molecular weight excluding hydrogens is 424 g/mol. The van der Waals surface area contributed by atoms with Gasteiger partial charge in [0, 0.05) is 46.6 Å². The fraction of sp³-hybridized carbons (Fsp3) is 0.609. The molecule has 0 aromatic carbocycles. The van der Waals surface area contributed by atoms with E-state index in [-0.39, 0.29) is 23.8 Å². The molecule has 2 aromatic rings. The quantitative estimate of drug-likeness (QED) is 0.630. The summed E-state index contributed by atoms with van der Waals surface area (Å²) in [5.74, 6) is 1.49. The predicted molar refractivity (Wildman–Crippen MR) is 124 cm³/mol. The highest BCUT2D eigenvalue weighted by atomic mass is 16.6. The summed E-state index contributed by atoms with van der Waals surface area (Å²) in [4.78, 5) is 46.4. The molecule has 180 valence electrons. The summed E-state index contributed by atoms with van der Waals surface area (Å²) in [6.07, 6.45) is 1.07. The first-order chi connectivity index (χ1) is 15.4. The molecule has 2 aromatic heterocycles. The number of nitrogens with zero attached hydrogens (tertiary/aromatic N) is 5. The van der Waals surface area contributed by atoms with Gasteiger partial charge in [0.15, 0.2) is 0 Å². The largest absolute Gasteiger partial charge is 0.444 e. The van der Waals surface area contributed by atoms with Crippen molar-refractivity contribution in [3.63, 3.8) is 0 Å². The van der Waals surface area contributed by atoms with Gasteiger partial charge >= 0.3 is 6.09 Å². The van der Waals surface area contributed by atoms with Crippen molar-refractivity contribution in [2.24, 2.45) is 14.1 Å². The smallest absolute Gasteiger partial charge is 0.410 e. The zero-order valence-electron chi connectivity index (χ0n) is 20.6. The van der Waals surface area contributed by atoms with Crippen LogP contribution in [0.15, 0.2) is 9.59 Å². The van der Waals surface area contributed by atoms with Crippen LogP contribution in [-0.4, -0.2) is 48.8 Å². The van der Waals surface area contributed by atoms with Gasteiger partial charge in [-0.25, -0.2) is 14.8 Å². The normalized spacial score (nSPS) is 15.2. The minimum atomic E-state index is -0.534. The molecule has 0 fully saturated rings. The maximum atomic E-state index is 12.2. The summed E-state index contributed by atoms with van der Waals surface area (Å²) >= 11 is 0. The van der Waals surface area contributed by atoms with Crippen molar-refractivity contribution in [3.05, 3.63) is 54.9 Å². The lowest BCUT2D eigenvalue weighted by Crippen LogP contribution is -2.43. The van der Waals surface area contributed by atoms with Crippen LogP contribution in [0.1, 0.15) is 54.9 Å². The number of rotatable bonds is 0. The second-order valence-electron chi connectivity index (χ2n) is 9.48. The van der Waals surface area contributed by atoms with Gasteiger partial charge in [-0.3, -0.25) is 18.7 Å². The van der Waals surface area contributed by atoms with E-state index in [1.807, 2.05) is 34.6 Å². The van der Waals surface area contributed by atoms with Gasteiger partial charge < -0.3 is 15.0 Å². The van der Waals surface area contributed by atoms with E-state index in [9.17, 15) is 14.4 Å². The molecule has 10 heteroatoms. The van der Waals surface area contributed by atoms with Crippen LogP contribution in [0.2, 0.25) is 0 Å². The van der Waals surface area contributed by atoms with Crippen LogP contribution in [0.4, 0.5) is 4.79 Å². The van der Waals surface area contributed by atoms with Crippen molar-refractivity contribution >= 4 is 6.09 Å². The molecule has 0 atom stereocenters. The van der Waals surface area contributed by atoms with E-state index in [1.165, 1.54) is 4.57 Å². The van der Waals surface area contributed by atoms with Gasteiger partial charge in [-0.15, -0.1) is 0 Å². The summed E-state index contributed by atoms with van der Waals surface area (Å²) in [6, 6.07) is 0. The highest BCUT2D eigenvalue weighted by Crippen LogP contribution is 2.17. The first-order valence-electron chi connectivity index (χ1n) is 11.2. The van der Waals surface area contributed by atoms with Crippen molar-refractivity contribution in [2.75, 3.05) is 13.1 Å². The van der Waals surface area contributed by atoms with E-state index in [0.717, 1.165) is 35.7 Å². The molecule has 33 heavy (non-hydrogen) atoms. The fourth-order valence-corrected chi connectivity index (χ4v) is 3.78. The fourth-order valence-electron chi connectivity index (χ4n) is 3.78. The Morgan fingerprint density at radius 3 is 2.06 bits per heavy atom. The van der Waals surface area contributed by atoms with Crippen molar-refractivity contribution in [3.8, 4) is 0 Å². The maximum absolute atomic E-state index is 12.2. The molecule has 4 rings (SSSR count). The molecule has 0 unspecified atom stereocenters. The zero-order valence-corrected chi connectivity index (χ0v) is 20.6. The molecule has 1 N–H and O–H groups in total. The Bertz CT molecular complexity index is 1180. The third-order valence-corrected chi connectivity index (χ3v) is 5.85. The van der Waals surface area contributed by atoms with Crippen LogP contribution >= 0.6 is 0 Å². The van der Waals surface area contributed by atoms with Gasteiger partial charge in [-0.1, -0.05) is 0 Å². The number of nitrogens with one attached hydrogen (secondary N) is 1. The minimum Gasteiger partial charge on any atom is -0.444 e. The molecule has 0 saturated heterocycles. The van der Waals surface area contributed by atoms with Gasteiger partial charge in [0.25, 0.3) is 11.1 Å². The van der Waals surface area contributed by atoms with Gasteiger partial charge in [0.1, 0.15) is 17.2 Å². The van der Waals surface area contributed by atoms with Crippen molar-refractivity contribution in [1.82, 2.24) is 29.3 Å². The number of aryl methyl sites for hydroxylation is 2. The molecule has 0 aliphatic carbocycles. The summed E-state index contributed by atoms with van der Waals surface area (Å²) in [6.45, 7) is 11.5. The molecule has 0 saturated carbocycles. The number of hydrogen-bond donors (Lipinski definition) is 1. The van der Waals surface area contributed by atoms with Gasteiger partial charge in [-0.05, 0) is 34.6 Å². The number of aromatic nitrogens is 4. The topological polar surface area (TPSA) is 111 Å². The van der Waals surface area contributed by atoms with Crippen LogP contribution in [0, 0.1) is 13.8 Å². The highest BCUT2D eigenvalue weighted by molar-refractivity contribution is 5.68. The number of fused-ring (bicyclic) bond motifs is 2. The Kier molecular flexibility index (Phi) is 7.06. The van der Waals surface area contributed by atoms with E-state index in [2.05, 4.69) is 15.3 Å². The Morgan fingerprint density at radius 1 is 0.939 bits per heavy atom. The number of amides is 1. The van der Waals surface area contributed by atoms with Gasteiger partial charge in [0.05, 0.1) is 29.1 Å². The highest BCUT2D eigenvalue weighted by Gasteiger charge is 2.28. The SMILES string of the molecule is Cc1nc2c(c(=O)n1C)CN(C(=O)OC(C)(C)C)CC2.Cc1nc2c(c(=O)n1C)CNCC2. The second-order valence-corrected chi connectivity index (χ2v) is 9.48. The lowest BCUT2D eigenvalue weighted by molar-refractivity contribution is 0.0221. The summed E-state index contributed by atoms with van der Waals surface area (Å²) in [5.41, 5.74) is 2.67. The van der Waals surface area contributed by atoms with Crippen molar-refractivity contribution in [1.29, 1.82) is 0 Å². The summed E-state index contributed by atoms with van der Waals surface area (Å²) in [5, 5.41) is 3.18. The number of carbonyl (C=O) groups is 1. The monoisotopic (exact) mass is 458 g/mol. The molecule has 2 aliphatic rings. The van der Waals surface area contributed by atoms with Gasteiger partial charge in [-0.2, -0.15) is 0 Å². The minimum absolute atomic E-state index is 0.0826. The molecule has 1 amide bonds. The lowest BCUT2D eigenvalue weighted by Gasteiger charge is -2.30. The van der Waals surface area contributed by atoms with Crippen molar-refractivity contribution < 1.29 is 9.53 Å². The molecular formula is C23H34N6O4. The van der Waals surface area contributed by atoms with E-state index >= 15 is 0 Å². The Hall–Kier alpha value is -3.01. The van der Waals surface area contributed by atoms with E-state index in [4.69, 9.17) is 4.74 Å². The van der Waals surface area contributed by atoms with E-state index in [0.29, 0.717) is 30.9 Å². The Labute approximate surface area is 193 Å². The maximum Gasteiger partial charge on any atom is 0.410 e. The second kappa shape index (κ2) is 9.46. The van der Waals surface area contributed by atoms with Crippen LogP contribution in [0.25, 0.3) is 0 Å². The number of ether oxygens (including phenoxy) is 1. The summed E-state index contributed by atoms with van der Waals surface area (Å²) < 4.78 is 8.46. The average molecular weight is 459 g/mol. The molecule has 0 spiro atoms. The molecule has 0 radical (unpaired) electrons. The predicted octanol–water partition coefficient (Wildman–Crippen LogP) is 1.12. The molecule has 2 aliphatic heterocycles. The van der Waals surface area contributed by atoms with Gasteiger partial charge in [0.2, 0.25) is 0 Å². The van der Waals surface area contributed by atoms with Crippen LogP contribution in [-0.2, 0) is 44.8 Å². The van der Waals surface area contributed by atoms with E-state index in [1.54, 1.807) is 23.6 Å². The first kappa shape index (κ1) is 24.6. The Balaban J connectivity index is 0.000000203. The summed E-state index contributed by atoms with van der Waals surface area (Å²) in [7, 11) is 3.46. The average Bonchev–Trinajstić information content (AvgIpc) is 2.75. The number of carbonyl (C=O) groups excluding carboxylic acids is 1. The van der Waals surface area contributed by atoms with Crippen LogP contribution in [0.3, 0.4) is 0 Å².